The molecule has 0 saturated carbocycles. The van der Waals surface area contributed by atoms with Crippen molar-refractivity contribution in [2.75, 3.05) is 14.2 Å². The van der Waals surface area contributed by atoms with Gasteiger partial charge in [0.25, 0.3) is 0 Å². The molecule has 116 valence electrons. The molecule has 0 heterocycles. The van der Waals surface area contributed by atoms with Crippen molar-refractivity contribution in [3.05, 3.63) is 58.2 Å². The van der Waals surface area contributed by atoms with E-state index in [9.17, 15) is 8.78 Å². The lowest BCUT2D eigenvalue weighted by molar-refractivity contribution is 0.371. The highest BCUT2D eigenvalue weighted by Gasteiger charge is 2.12. The molecule has 0 aliphatic carbocycles. The molecule has 2 aromatic carbocycles. The molecule has 2 rings (SSSR count). The maximum atomic E-state index is 13.9. The van der Waals surface area contributed by atoms with Crippen molar-refractivity contribution < 1.29 is 18.3 Å². The maximum absolute atomic E-state index is 13.9. The lowest BCUT2D eigenvalue weighted by Crippen LogP contribution is -1.94. The number of hydrogen-bond donors (Lipinski definition) is 0. The van der Waals surface area contributed by atoms with Crippen LogP contribution in [0.15, 0.2) is 24.3 Å². The standard InChI is InChI=1S/C18H18F2O2/c1-11-9-13(10-16(22-4)12(11)2)5-6-14-7-8-15(21-3)18(20)17(14)19/h5-10H,1-4H3/b6-5-. The number of aryl methyl sites for hydroxylation is 1. The van der Waals surface area contributed by atoms with Crippen LogP contribution in [0.3, 0.4) is 0 Å². The first-order chi connectivity index (χ1) is 10.5. The van der Waals surface area contributed by atoms with Crippen LogP contribution in [0.2, 0.25) is 0 Å². The van der Waals surface area contributed by atoms with Crippen LogP contribution in [0.5, 0.6) is 11.5 Å². The topological polar surface area (TPSA) is 18.5 Å². The second-order valence-corrected chi connectivity index (χ2v) is 4.98. The van der Waals surface area contributed by atoms with E-state index in [4.69, 9.17) is 9.47 Å². The second-order valence-electron chi connectivity index (χ2n) is 4.98. The summed E-state index contributed by atoms with van der Waals surface area (Å²) < 4.78 is 37.6. The molecule has 0 aliphatic heterocycles. The Morgan fingerprint density at radius 3 is 2.18 bits per heavy atom. The van der Waals surface area contributed by atoms with E-state index in [0.29, 0.717) is 0 Å². The molecule has 0 aliphatic rings. The summed E-state index contributed by atoms with van der Waals surface area (Å²) in [4.78, 5) is 0. The Labute approximate surface area is 129 Å². The van der Waals surface area contributed by atoms with Gasteiger partial charge >= 0.3 is 0 Å². The summed E-state index contributed by atoms with van der Waals surface area (Å²) in [6, 6.07) is 6.70. The summed E-state index contributed by atoms with van der Waals surface area (Å²) in [5, 5.41) is 0. The summed E-state index contributed by atoms with van der Waals surface area (Å²) in [5.41, 5.74) is 3.15. The van der Waals surface area contributed by atoms with Crippen LogP contribution in [-0.4, -0.2) is 14.2 Å². The Balaban J connectivity index is 2.37. The average Bonchev–Trinajstić information content (AvgIpc) is 2.52. The van der Waals surface area contributed by atoms with Gasteiger partial charge in [0, 0.05) is 5.56 Å². The first kappa shape index (κ1) is 16.0. The number of hydrogen-bond acceptors (Lipinski definition) is 2. The van der Waals surface area contributed by atoms with E-state index in [1.54, 1.807) is 13.2 Å². The van der Waals surface area contributed by atoms with Crippen molar-refractivity contribution in [1.82, 2.24) is 0 Å². The fourth-order valence-corrected chi connectivity index (χ4v) is 2.18. The first-order valence-corrected chi connectivity index (χ1v) is 6.83. The molecule has 4 heteroatoms. The van der Waals surface area contributed by atoms with Gasteiger partial charge in [-0.2, -0.15) is 4.39 Å². The fraction of sp³-hybridized carbons (Fsp3) is 0.222. The fourth-order valence-electron chi connectivity index (χ4n) is 2.18. The van der Waals surface area contributed by atoms with E-state index in [0.717, 1.165) is 22.4 Å². The molecule has 0 unspecified atom stereocenters. The van der Waals surface area contributed by atoms with Gasteiger partial charge in [-0.15, -0.1) is 0 Å². The Bertz CT molecular complexity index is 722. The molecule has 0 atom stereocenters. The molecule has 0 saturated heterocycles. The predicted molar refractivity (Wildman–Crippen MR) is 84.3 cm³/mol. The lowest BCUT2D eigenvalue weighted by atomic mass is 10.0. The minimum Gasteiger partial charge on any atom is -0.496 e. The lowest BCUT2D eigenvalue weighted by Gasteiger charge is -2.09. The van der Waals surface area contributed by atoms with E-state index >= 15 is 0 Å². The third-order valence-electron chi connectivity index (χ3n) is 3.61. The molecule has 2 aromatic rings. The van der Waals surface area contributed by atoms with Crippen molar-refractivity contribution in [1.29, 1.82) is 0 Å². The van der Waals surface area contributed by atoms with Crippen molar-refractivity contribution in [2.45, 2.75) is 13.8 Å². The molecule has 0 amide bonds. The monoisotopic (exact) mass is 304 g/mol. The third kappa shape index (κ3) is 3.11. The SMILES string of the molecule is COc1cc(/C=C\c2ccc(OC)c(F)c2F)cc(C)c1C. The minimum absolute atomic E-state index is 0.109. The highest BCUT2D eigenvalue weighted by Crippen LogP contribution is 2.26. The van der Waals surface area contributed by atoms with Gasteiger partial charge in [0.15, 0.2) is 11.6 Å². The highest BCUT2D eigenvalue weighted by molar-refractivity contribution is 5.71. The van der Waals surface area contributed by atoms with Crippen LogP contribution in [0.1, 0.15) is 22.3 Å². The van der Waals surface area contributed by atoms with Gasteiger partial charge in [-0.1, -0.05) is 18.2 Å². The number of benzene rings is 2. The van der Waals surface area contributed by atoms with Crippen molar-refractivity contribution in [2.24, 2.45) is 0 Å². The zero-order chi connectivity index (χ0) is 16.3. The van der Waals surface area contributed by atoms with E-state index < -0.39 is 11.6 Å². The second kappa shape index (κ2) is 6.60. The Morgan fingerprint density at radius 1 is 0.864 bits per heavy atom. The Hall–Kier alpha value is -2.36. The molecular weight excluding hydrogens is 286 g/mol. The molecular formula is C18H18F2O2. The molecule has 2 nitrogen and oxygen atoms in total. The first-order valence-electron chi connectivity index (χ1n) is 6.83. The summed E-state index contributed by atoms with van der Waals surface area (Å²) in [6.07, 6.45) is 3.25. The van der Waals surface area contributed by atoms with Crippen LogP contribution in [0, 0.1) is 25.5 Å². The van der Waals surface area contributed by atoms with Gasteiger partial charge < -0.3 is 9.47 Å². The number of ether oxygens (including phenoxy) is 2. The van der Waals surface area contributed by atoms with Crippen LogP contribution in [0.25, 0.3) is 12.2 Å². The van der Waals surface area contributed by atoms with E-state index in [1.165, 1.54) is 25.3 Å². The molecule has 0 aromatic heterocycles. The van der Waals surface area contributed by atoms with Gasteiger partial charge in [0.05, 0.1) is 14.2 Å². The van der Waals surface area contributed by atoms with Crippen LogP contribution < -0.4 is 9.47 Å². The average molecular weight is 304 g/mol. The smallest absolute Gasteiger partial charge is 0.201 e. The molecule has 0 radical (unpaired) electrons. The van der Waals surface area contributed by atoms with E-state index in [-0.39, 0.29) is 11.3 Å². The van der Waals surface area contributed by atoms with Gasteiger partial charge in [-0.25, -0.2) is 4.39 Å². The summed E-state index contributed by atoms with van der Waals surface area (Å²) in [6.45, 7) is 3.95. The molecule has 0 N–H and O–H groups in total. The zero-order valence-corrected chi connectivity index (χ0v) is 13.0. The zero-order valence-electron chi connectivity index (χ0n) is 13.0. The van der Waals surface area contributed by atoms with Gasteiger partial charge in [-0.3, -0.25) is 0 Å². The number of rotatable bonds is 4. The van der Waals surface area contributed by atoms with Gasteiger partial charge in [0.1, 0.15) is 5.75 Å². The minimum atomic E-state index is -0.984. The number of methoxy groups -OCH3 is 2. The van der Waals surface area contributed by atoms with Crippen LogP contribution in [0.4, 0.5) is 8.78 Å². The molecule has 0 bridgehead atoms. The molecule has 0 spiro atoms. The van der Waals surface area contributed by atoms with Gasteiger partial charge in [-0.05, 0) is 48.7 Å². The summed E-state index contributed by atoms with van der Waals surface area (Å²) in [7, 11) is 2.91. The van der Waals surface area contributed by atoms with Crippen molar-refractivity contribution >= 4 is 12.2 Å². The van der Waals surface area contributed by atoms with E-state index in [2.05, 4.69) is 0 Å². The predicted octanol–water partition coefficient (Wildman–Crippen LogP) is 4.77. The molecule has 22 heavy (non-hydrogen) atoms. The van der Waals surface area contributed by atoms with Crippen LogP contribution >= 0.6 is 0 Å². The summed E-state index contributed by atoms with van der Waals surface area (Å²) in [5.74, 6) is -1.25. The van der Waals surface area contributed by atoms with E-state index in [1.807, 2.05) is 26.0 Å². The van der Waals surface area contributed by atoms with Crippen molar-refractivity contribution in [3.63, 3.8) is 0 Å². The van der Waals surface area contributed by atoms with Gasteiger partial charge in [0.2, 0.25) is 5.82 Å². The largest absolute Gasteiger partial charge is 0.496 e. The normalized spacial score (nSPS) is 11.0. The highest BCUT2D eigenvalue weighted by atomic mass is 19.2. The quantitative estimate of drug-likeness (QED) is 0.758. The third-order valence-corrected chi connectivity index (χ3v) is 3.61. The Kier molecular flexibility index (Phi) is 4.81. The maximum Gasteiger partial charge on any atom is 0.201 e. The Morgan fingerprint density at radius 2 is 1.55 bits per heavy atom. The summed E-state index contributed by atoms with van der Waals surface area (Å²) >= 11 is 0. The number of halogens is 2. The van der Waals surface area contributed by atoms with Crippen LogP contribution in [-0.2, 0) is 0 Å². The van der Waals surface area contributed by atoms with Crippen molar-refractivity contribution in [3.8, 4) is 11.5 Å². The molecule has 0 fully saturated rings.